The van der Waals surface area contributed by atoms with Crippen molar-refractivity contribution in [2.45, 2.75) is 6.23 Å². The summed E-state index contributed by atoms with van der Waals surface area (Å²) < 4.78 is 29.5. The number of hydrogen-bond acceptors (Lipinski definition) is 5. The van der Waals surface area contributed by atoms with E-state index in [0.717, 1.165) is 11.8 Å². The maximum absolute atomic E-state index is 11.0. The second kappa shape index (κ2) is 4.38. The van der Waals surface area contributed by atoms with Gasteiger partial charge in [0.2, 0.25) is 16.3 Å². The molecule has 2 rings (SSSR count). The van der Waals surface area contributed by atoms with E-state index in [1.54, 1.807) is 24.3 Å². The first-order chi connectivity index (χ1) is 7.94. The highest BCUT2D eigenvalue weighted by Gasteiger charge is 2.19. The molecule has 1 aliphatic heterocycles. The third-order valence-corrected chi connectivity index (χ3v) is 2.74. The summed E-state index contributed by atoms with van der Waals surface area (Å²) in [7, 11) is -3.26. The number of thiocarbonyl (C=S) groups is 1. The number of nitrogens with zero attached hydrogens (tertiary/aromatic N) is 2. The van der Waals surface area contributed by atoms with Gasteiger partial charge in [-0.25, -0.2) is 8.42 Å². The van der Waals surface area contributed by atoms with E-state index in [2.05, 4.69) is 15.0 Å². The minimum absolute atomic E-state index is 0.105. The molecule has 1 atom stereocenters. The molecule has 0 spiro atoms. The van der Waals surface area contributed by atoms with Crippen LogP contribution in [-0.2, 0) is 14.8 Å². The van der Waals surface area contributed by atoms with Gasteiger partial charge in [0.25, 0.3) is 0 Å². The fraction of sp³-hybridized carbons (Fsp3) is 0.222. The van der Waals surface area contributed by atoms with Crippen LogP contribution in [0.4, 0.5) is 5.69 Å². The number of anilines is 1. The van der Waals surface area contributed by atoms with Crippen molar-refractivity contribution < 1.29 is 13.2 Å². The second-order valence-electron chi connectivity index (χ2n) is 3.45. The fourth-order valence-corrected chi connectivity index (χ4v) is 2.01. The van der Waals surface area contributed by atoms with Crippen LogP contribution in [0, 0.1) is 0 Å². The molecule has 17 heavy (non-hydrogen) atoms. The maximum Gasteiger partial charge on any atom is 0.304 e. The third kappa shape index (κ3) is 3.21. The number of rotatable bonds is 3. The van der Waals surface area contributed by atoms with Crippen LogP contribution in [0.2, 0.25) is 0 Å². The Kier molecular flexibility index (Phi) is 3.07. The fourth-order valence-electron chi connectivity index (χ4n) is 1.31. The molecule has 0 aromatic heterocycles. The Balaban J connectivity index is 2.14. The largest absolute Gasteiger partial charge is 0.436 e. The van der Waals surface area contributed by atoms with Gasteiger partial charge in [-0.2, -0.15) is 0 Å². The van der Waals surface area contributed by atoms with Gasteiger partial charge in [-0.3, -0.25) is 4.72 Å². The first-order valence-electron chi connectivity index (χ1n) is 4.63. The van der Waals surface area contributed by atoms with E-state index >= 15 is 0 Å². The van der Waals surface area contributed by atoms with Gasteiger partial charge in [0.15, 0.2) is 0 Å². The molecule has 0 aliphatic carbocycles. The Labute approximate surface area is 104 Å². The molecule has 8 heteroatoms. The van der Waals surface area contributed by atoms with Crippen LogP contribution in [0.5, 0.6) is 0 Å². The zero-order valence-electron chi connectivity index (χ0n) is 8.82. The summed E-state index contributed by atoms with van der Waals surface area (Å²) in [6.07, 6.45) is 0.558. The number of sulfonamides is 1. The average Bonchev–Trinajstić information content (AvgIpc) is 2.63. The number of azo groups is 1. The van der Waals surface area contributed by atoms with Gasteiger partial charge < -0.3 is 4.74 Å². The van der Waals surface area contributed by atoms with Crippen molar-refractivity contribution >= 4 is 33.1 Å². The lowest BCUT2D eigenvalue weighted by Gasteiger charge is -2.08. The Morgan fingerprint density at radius 2 is 2.00 bits per heavy atom. The minimum atomic E-state index is -3.26. The van der Waals surface area contributed by atoms with E-state index in [-0.39, 0.29) is 5.17 Å². The molecule has 0 saturated heterocycles. The highest BCUT2D eigenvalue weighted by atomic mass is 32.2. The first kappa shape index (κ1) is 11.9. The number of hydrogen-bond donors (Lipinski definition) is 1. The SMILES string of the molecule is CS(=O)(=O)Nc1ccc(C2N=NC(=S)O2)cc1. The topological polar surface area (TPSA) is 80.1 Å². The quantitative estimate of drug-likeness (QED) is 0.850. The summed E-state index contributed by atoms with van der Waals surface area (Å²) in [6.45, 7) is 0. The monoisotopic (exact) mass is 271 g/mol. The van der Waals surface area contributed by atoms with E-state index in [0.29, 0.717) is 5.69 Å². The van der Waals surface area contributed by atoms with Gasteiger partial charge >= 0.3 is 5.17 Å². The molecule has 1 aromatic rings. The zero-order chi connectivity index (χ0) is 12.5. The van der Waals surface area contributed by atoms with Gasteiger partial charge in [0.05, 0.1) is 6.26 Å². The van der Waals surface area contributed by atoms with Crippen molar-refractivity contribution in [1.29, 1.82) is 0 Å². The number of nitrogens with one attached hydrogen (secondary N) is 1. The maximum atomic E-state index is 11.0. The van der Waals surface area contributed by atoms with E-state index in [1.165, 1.54) is 0 Å². The average molecular weight is 271 g/mol. The number of ether oxygens (including phenoxy) is 1. The Bertz CT molecular complexity index is 566. The van der Waals surface area contributed by atoms with Gasteiger partial charge in [-0.1, -0.05) is 12.1 Å². The molecule has 1 aliphatic rings. The van der Waals surface area contributed by atoms with Crippen molar-refractivity contribution in [3.05, 3.63) is 29.8 Å². The molecule has 1 N–H and O–H groups in total. The molecule has 1 unspecified atom stereocenters. The van der Waals surface area contributed by atoms with Crippen molar-refractivity contribution in [2.24, 2.45) is 10.2 Å². The van der Waals surface area contributed by atoms with Gasteiger partial charge in [0.1, 0.15) is 0 Å². The predicted octanol–water partition coefficient (Wildman–Crippen LogP) is 1.82. The highest BCUT2D eigenvalue weighted by molar-refractivity contribution is 7.92. The van der Waals surface area contributed by atoms with E-state index in [4.69, 9.17) is 17.0 Å². The smallest absolute Gasteiger partial charge is 0.304 e. The van der Waals surface area contributed by atoms with Crippen LogP contribution in [-0.4, -0.2) is 19.8 Å². The van der Waals surface area contributed by atoms with Crippen molar-refractivity contribution in [3.8, 4) is 0 Å². The van der Waals surface area contributed by atoms with E-state index in [1.807, 2.05) is 0 Å². The summed E-state index contributed by atoms with van der Waals surface area (Å²) in [5.41, 5.74) is 1.24. The van der Waals surface area contributed by atoms with Crippen molar-refractivity contribution in [2.75, 3.05) is 11.0 Å². The van der Waals surface area contributed by atoms with Crippen LogP contribution >= 0.6 is 12.2 Å². The lowest BCUT2D eigenvalue weighted by atomic mass is 10.2. The molecule has 0 saturated carbocycles. The van der Waals surface area contributed by atoms with Crippen LogP contribution in [0.15, 0.2) is 34.5 Å². The van der Waals surface area contributed by atoms with Crippen molar-refractivity contribution in [1.82, 2.24) is 0 Å². The molecule has 1 heterocycles. The van der Waals surface area contributed by atoms with Crippen LogP contribution in [0.3, 0.4) is 0 Å². The first-order valence-corrected chi connectivity index (χ1v) is 6.93. The Morgan fingerprint density at radius 3 is 2.47 bits per heavy atom. The van der Waals surface area contributed by atoms with Gasteiger partial charge in [0, 0.05) is 11.3 Å². The lowest BCUT2D eigenvalue weighted by molar-refractivity contribution is 0.227. The lowest BCUT2D eigenvalue weighted by Crippen LogP contribution is -2.09. The summed E-state index contributed by atoms with van der Waals surface area (Å²) in [5, 5.41) is 7.52. The van der Waals surface area contributed by atoms with Gasteiger partial charge in [-0.05, 0) is 24.4 Å². The minimum Gasteiger partial charge on any atom is -0.436 e. The highest BCUT2D eigenvalue weighted by Crippen LogP contribution is 2.26. The Hall–Kier alpha value is -1.54. The van der Waals surface area contributed by atoms with Crippen LogP contribution in [0.25, 0.3) is 0 Å². The molecule has 0 fully saturated rings. The summed E-state index contributed by atoms with van der Waals surface area (Å²) >= 11 is 4.72. The summed E-state index contributed by atoms with van der Waals surface area (Å²) in [6, 6.07) is 6.64. The molecule has 0 amide bonds. The van der Waals surface area contributed by atoms with Crippen molar-refractivity contribution in [3.63, 3.8) is 0 Å². The molecule has 6 nitrogen and oxygen atoms in total. The molecule has 0 radical (unpaired) electrons. The zero-order valence-corrected chi connectivity index (χ0v) is 10.5. The van der Waals surface area contributed by atoms with Crippen LogP contribution in [0.1, 0.15) is 11.8 Å². The molecule has 90 valence electrons. The van der Waals surface area contributed by atoms with Crippen LogP contribution < -0.4 is 4.72 Å². The van der Waals surface area contributed by atoms with E-state index < -0.39 is 16.3 Å². The molecule has 0 bridgehead atoms. The second-order valence-corrected chi connectivity index (χ2v) is 5.55. The third-order valence-electron chi connectivity index (χ3n) is 1.96. The van der Waals surface area contributed by atoms with E-state index in [9.17, 15) is 8.42 Å². The molecular weight excluding hydrogens is 262 g/mol. The normalized spacial score (nSPS) is 19.1. The number of benzene rings is 1. The molecule has 1 aromatic carbocycles. The summed E-state index contributed by atoms with van der Waals surface area (Å²) in [4.78, 5) is 0. The molecular formula is C9H9N3O3S2. The summed E-state index contributed by atoms with van der Waals surface area (Å²) in [5.74, 6) is 0. The standard InChI is InChI=1S/C9H9N3O3S2/c1-17(13,14)12-7-4-2-6(3-5-7)8-10-11-9(16)15-8/h2-5,8,12H,1H3. The predicted molar refractivity (Wildman–Crippen MR) is 66.2 cm³/mol. The Morgan fingerprint density at radius 1 is 1.35 bits per heavy atom. The van der Waals surface area contributed by atoms with Gasteiger partial charge in [-0.15, -0.1) is 10.2 Å².